The van der Waals surface area contributed by atoms with Crippen molar-refractivity contribution in [1.29, 1.82) is 0 Å². The minimum Gasteiger partial charge on any atom is -0.508 e. The largest absolute Gasteiger partial charge is 0.508 e. The number of benzene rings is 2. The maximum atomic E-state index is 12.3. The number of nitrogens with one attached hydrogen (secondary N) is 2. The minimum atomic E-state index is -4.23. The molecule has 1 heterocycles. The first-order valence-electron chi connectivity index (χ1n) is 7.15. The van der Waals surface area contributed by atoms with Crippen LogP contribution in [-0.2, 0) is 0 Å². The van der Waals surface area contributed by atoms with E-state index in [0.717, 1.165) is 0 Å². The number of aromatic hydroxyl groups is 1. The van der Waals surface area contributed by atoms with Crippen LogP contribution in [0.5, 0.6) is 17.2 Å². The number of hydrogen-bond donors (Lipinski definition) is 3. The van der Waals surface area contributed by atoms with Crippen LogP contribution in [0.15, 0.2) is 42.7 Å². The van der Waals surface area contributed by atoms with E-state index in [-0.39, 0.29) is 12.3 Å². The van der Waals surface area contributed by atoms with E-state index < -0.39 is 12.6 Å². The Morgan fingerprint density at radius 1 is 1.17 bits per heavy atom. The zero-order chi connectivity index (χ0) is 17.2. The Labute approximate surface area is 135 Å². The molecular formula is C16H14F3N3O2. The van der Waals surface area contributed by atoms with E-state index in [2.05, 4.69) is 15.3 Å². The van der Waals surface area contributed by atoms with Crippen LogP contribution in [-0.4, -0.2) is 27.8 Å². The van der Waals surface area contributed by atoms with Gasteiger partial charge in [-0.1, -0.05) is 6.07 Å². The van der Waals surface area contributed by atoms with Crippen LogP contribution in [0.25, 0.3) is 11.0 Å². The third kappa shape index (κ3) is 3.89. The fraction of sp³-hybridized carbons (Fsp3) is 0.188. The lowest BCUT2D eigenvalue weighted by molar-refractivity contribution is -0.131. The van der Waals surface area contributed by atoms with E-state index in [4.69, 9.17) is 4.74 Å². The molecule has 24 heavy (non-hydrogen) atoms. The second-order valence-corrected chi connectivity index (χ2v) is 5.16. The number of aromatic amines is 1. The van der Waals surface area contributed by atoms with Crippen molar-refractivity contribution in [2.75, 3.05) is 11.9 Å². The second kappa shape index (κ2) is 6.31. The van der Waals surface area contributed by atoms with E-state index >= 15 is 0 Å². The first-order chi connectivity index (χ1) is 11.4. The summed E-state index contributed by atoms with van der Waals surface area (Å²) in [7, 11) is 0. The summed E-state index contributed by atoms with van der Waals surface area (Å²) in [4.78, 5) is 7.00. The van der Waals surface area contributed by atoms with Gasteiger partial charge in [0, 0.05) is 24.7 Å². The summed E-state index contributed by atoms with van der Waals surface area (Å²) in [5.41, 5.74) is 1.59. The molecular weight excluding hydrogens is 323 g/mol. The Morgan fingerprint density at radius 3 is 2.75 bits per heavy atom. The summed E-state index contributed by atoms with van der Waals surface area (Å²) >= 11 is 0. The fourth-order valence-electron chi connectivity index (χ4n) is 2.24. The lowest BCUT2D eigenvalue weighted by Gasteiger charge is -2.12. The summed E-state index contributed by atoms with van der Waals surface area (Å²) in [6.45, 7) is -0.263. The molecule has 0 radical (unpaired) electrons. The quantitative estimate of drug-likeness (QED) is 0.644. The van der Waals surface area contributed by atoms with Crippen molar-refractivity contribution >= 4 is 16.7 Å². The summed E-state index contributed by atoms with van der Waals surface area (Å²) in [5.74, 6) is 0.876. The number of phenolic OH excluding ortho intramolecular Hbond substituents is 1. The van der Waals surface area contributed by atoms with Crippen LogP contribution in [0.2, 0.25) is 0 Å². The SMILES string of the molecule is Oc1cccc(Oc2cc(NCCC(F)(F)F)c3nc[nH]c3c2)c1. The standard InChI is InChI=1S/C16H14F3N3O2/c17-16(18,19)4-5-20-13-7-12(8-14-15(13)22-9-21-14)24-11-3-1-2-10(23)6-11/h1-3,6-9,20,23H,4-5H2,(H,21,22). The van der Waals surface area contributed by atoms with Gasteiger partial charge in [-0.05, 0) is 12.1 Å². The van der Waals surface area contributed by atoms with Gasteiger partial charge in [-0.15, -0.1) is 0 Å². The number of imidazole rings is 1. The number of halogens is 3. The van der Waals surface area contributed by atoms with Gasteiger partial charge in [0.05, 0.1) is 24.0 Å². The Bertz CT molecular complexity index is 846. The van der Waals surface area contributed by atoms with Crippen molar-refractivity contribution in [3.05, 3.63) is 42.7 Å². The van der Waals surface area contributed by atoms with Crippen molar-refractivity contribution in [3.63, 3.8) is 0 Å². The molecule has 8 heteroatoms. The number of anilines is 1. The summed E-state index contributed by atoms with van der Waals surface area (Å²) < 4.78 is 42.6. The zero-order valence-electron chi connectivity index (χ0n) is 12.4. The van der Waals surface area contributed by atoms with Gasteiger partial charge < -0.3 is 20.1 Å². The lowest BCUT2D eigenvalue weighted by Crippen LogP contribution is -2.14. The molecule has 5 nitrogen and oxygen atoms in total. The van der Waals surface area contributed by atoms with Crippen molar-refractivity contribution in [1.82, 2.24) is 9.97 Å². The Hall–Kier alpha value is -2.90. The Morgan fingerprint density at radius 2 is 2.00 bits per heavy atom. The van der Waals surface area contributed by atoms with Gasteiger partial charge in [-0.25, -0.2) is 4.98 Å². The molecule has 0 amide bonds. The molecule has 0 fully saturated rings. The Balaban J connectivity index is 1.84. The Kier molecular flexibility index (Phi) is 4.20. The molecule has 126 valence electrons. The smallest absolute Gasteiger partial charge is 0.390 e. The number of ether oxygens (including phenoxy) is 1. The van der Waals surface area contributed by atoms with E-state index in [1.165, 1.54) is 18.5 Å². The highest BCUT2D eigenvalue weighted by atomic mass is 19.4. The van der Waals surface area contributed by atoms with Crippen molar-refractivity contribution in [3.8, 4) is 17.2 Å². The average Bonchev–Trinajstić information content (AvgIpc) is 2.94. The molecule has 0 saturated carbocycles. The first kappa shape index (κ1) is 16.0. The number of phenols is 1. The fourth-order valence-corrected chi connectivity index (χ4v) is 2.24. The predicted octanol–water partition coefficient (Wildman–Crippen LogP) is 4.43. The molecule has 0 bridgehead atoms. The molecule has 3 aromatic rings. The van der Waals surface area contributed by atoms with Crippen LogP contribution in [0.3, 0.4) is 0 Å². The molecule has 0 saturated heterocycles. The van der Waals surface area contributed by atoms with Gasteiger partial charge in [0.2, 0.25) is 0 Å². The molecule has 0 spiro atoms. The van der Waals surface area contributed by atoms with Crippen molar-refractivity contribution in [2.45, 2.75) is 12.6 Å². The van der Waals surface area contributed by atoms with Crippen LogP contribution in [0.4, 0.5) is 18.9 Å². The van der Waals surface area contributed by atoms with Crippen molar-refractivity contribution in [2.24, 2.45) is 0 Å². The molecule has 3 N–H and O–H groups in total. The van der Waals surface area contributed by atoms with Crippen LogP contribution in [0.1, 0.15) is 6.42 Å². The topological polar surface area (TPSA) is 70.2 Å². The molecule has 1 aromatic heterocycles. The molecule has 0 atom stereocenters. The van der Waals surface area contributed by atoms with E-state index in [9.17, 15) is 18.3 Å². The number of hydrogen-bond acceptors (Lipinski definition) is 4. The van der Waals surface area contributed by atoms with E-state index in [1.807, 2.05) is 0 Å². The van der Waals surface area contributed by atoms with Gasteiger partial charge in [-0.2, -0.15) is 13.2 Å². The molecule has 2 aromatic carbocycles. The number of aromatic nitrogens is 2. The summed E-state index contributed by atoms with van der Waals surface area (Å²) in [5, 5.41) is 12.2. The maximum Gasteiger partial charge on any atom is 0.390 e. The maximum absolute atomic E-state index is 12.3. The van der Waals surface area contributed by atoms with Crippen LogP contribution in [0, 0.1) is 0 Å². The third-order valence-corrected chi connectivity index (χ3v) is 3.27. The monoisotopic (exact) mass is 337 g/mol. The zero-order valence-corrected chi connectivity index (χ0v) is 12.4. The predicted molar refractivity (Wildman–Crippen MR) is 83.4 cm³/mol. The van der Waals surface area contributed by atoms with E-state index in [1.54, 1.807) is 24.3 Å². The highest BCUT2D eigenvalue weighted by Crippen LogP contribution is 2.31. The second-order valence-electron chi connectivity index (χ2n) is 5.16. The van der Waals surface area contributed by atoms with E-state index in [0.29, 0.717) is 28.2 Å². The highest BCUT2D eigenvalue weighted by molar-refractivity contribution is 5.89. The number of alkyl halides is 3. The molecule has 0 aliphatic heterocycles. The first-order valence-corrected chi connectivity index (χ1v) is 7.15. The van der Waals surface area contributed by atoms with Gasteiger partial charge in [-0.3, -0.25) is 0 Å². The van der Waals surface area contributed by atoms with Crippen LogP contribution < -0.4 is 10.1 Å². The van der Waals surface area contributed by atoms with Gasteiger partial charge >= 0.3 is 6.18 Å². The minimum absolute atomic E-state index is 0.0543. The number of rotatable bonds is 5. The molecule has 0 aliphatic carbocycles. The lowest BCUT2D eigenvalue weighted by atomic mass is 10.2. The average molecular weight is 337 g/mol. The number of nitrogens with zero attached hydrogens (tertiary/aromatic N) is 1. The third-order valence-electron chi connectivity index (χ3n) is 3.27. The highest BCUT2D eigenvalue weighted by Gasteiger charge is 2.26. The molecule has 0 unspecified atom stereocenters. The van der Waals surface area contributed by atoms with Gasteiger partial charge in [0.15, 0.2) is 0 Å². The van der Waals surface area contributed by atoms with Crippen LogP contribution >= 0.6 is 0 Å². The van der Waals surface area contributed by atoms with Gasteiger partial charge in [0.25, 0.3) is 0 Å². The molecule has 0 aliphatic rings. The number of fused-ring (bicyclic) bond motifs is 1. The van der Waals surface area contributed by atoms with Crippen molar-refractivity contribution < 1.29 is 23.0 Å². The normalized spacial score (nSPS) is 11.6. The summed E-state index contributed by atoms with van der Waals surface area (Å²) in [6.07, 6.45) is -3.72. The molecule has 3 rings (SSSR count). The number of H-pyrrole nitrogens is 1. The summed E-state index contributed by atoms with van der Waals surface area (Å²) in [6, 6.07) is 9.49. The van der Waals surface area contributed by atoms with Gasteiger partial charge in [0.1, 0.15) is 22.8 Å².